The average molecular weight is 267 g/mol. The van der Waals surface area contributed by atoms with Crippen LogP contribution in [0.1, 0.15) is 28.8 Å². The van der Waals surface area contributed by atoms with Crippen LogP contribution in [0.3, 0.4) is 0 Å². The third kappa shape index (κ3) is 3.23. The first-order chi connectivity index (χ1) is 8.69. The van der Waals surface area contributed by atoms with Crippen molar-refractivity contribution in [3.63, 3.8) is 0 Å². The van der Waals surface area contributed by atoms with E-state index in [9.17, 15) is 9.59 Å². The first kappa shape index (κ1) is 12.9. The van der Waals surface area contributed by atoms with Gasteiger partial charge in [-0.15, -0.1) is 11.6 Å². The molecule has 2 amide bonds. The van der Waals surface area contributed by atoms with Crippen LogP contribution in [0.15, 0.2) is 24.3 Å². The molecule has 1 unspecified atom stereocenters. The number of alkyl halides is 1. The number of carbonyl (C=O) groups excluding carboxylic acids is 2. The summed E-state index contributed by atoms with van der Waals surface area (Å²) in [4.78, 5) is 23.0. The predicted molar refractivity (Wildman–Crippen MR) is 69.5 cm³/mol. The number of nitrogens with one attached hydrogen (secondary N) is 2. The first-order valence-electron chi connectivity index (χ1n) is 5.91. The van der Waals surface area contributed by atoms with Gasteiger partial charge in [-0.3, -0.25) is 9.59 Å². The largest absolute Gasteiger partial charge is 0.354 e. The topological polar surface area (TPSA) is 58.2 Å². The molecule has 0 radical (unpaired) electrons. The van der Waals surface area contributed by atoms with Crippen molar-refractivity contribution in [2.75, 3.05) is 6.54 Å². The smallest absolute Gasteiger partial charge is 0.251 e. The average Bonchev–Trinajstić information content (AvgIpc) is 2.41. The molecule has 1 saturated heterocycles. The Morgan fingerprint density at radius 2 is 2.33 bits per heavy atom. The van der Waals surface area contributed by atoms with Gasteiger partial charge in [0, 0.05) is 30.5 Å². The van der Waals surface area contributed by atoms with E-state index < -0.39 is 0 Å². The Kier molecular flexibility index (Phi) is 4.20. The summed E-state index contributed by atoms with van der Waals surface area (Å²) in [5.41, 5.74) is 1.52. The number of hydrogen-bond acceptors (Lipinski definition) is 2. The Morgan fingerprint density at radius 1 is 1.50 bits per heavy atom. The van der Waals surface area contributed by atoms with E-state index in [4.69, 9.17) is 11.6 Å². The standard InChI is InChI=1S/C13H15ClN2O2/c14-7-9-2-1-3-10(6-9)13(18)16-11-4-5-12(17)15-8-11/h1-3,6,11H,4-5,7-8H2,(H,15,17)(H,16,18). The van der Waals surface area contributed by atoms with Gasteiger partial charge in [-0.25, -0.2) is 0 Å². The molecule has 18 heavy (non-hydrogen) atoms. The van der Waals surface area contributed by atoms with Crippen molar-refractivity contribution in [3.05, 3.63) is 35.4 Å². The lowest BCUT2D eigenvalue weighted by atomic mass is 10.1. The molecule has 2 rings (SSSR count). The van der Waals surface area contributed by atoms with Crippen molar-refractivity contribution in [1.29, 1.82) is 0 Å². The second kappa shape index (κ2) is 5.87. The number of amides is 2. The monoisotopic (exact) mass is 266 g/mol. The number of piperidine rings is 1. The number of hydrogen-bond donors (Lipinski definition) is 2. The van der Waals surface area contributed by atoms with Gasteiger partial charge in [-0.2, -0.15) is 0 Å². The molecular formula is C13H15ClN2O2. The Labute approximate surface area is 111 Å². The molecule has 1 aromatic rings. The van der Waals surface area contributed by atoms with Crippen molar-refractivity contribution in [1.82, 2.24) is 10.6 Å². The van der Waals surface area contributed by atoms with Crippen LogP contribution in [0.2, 0.25) is 0 Å². The van der Waals surface area contributed by atoms with Crippen molar-refractivity contribution < 1.29 is 9.59 Å². The molecule has 1 aliphatic rings. The molecule has 1 heterocycles. The van der Waals surface area contributed by atoms with Crippen LogP contribution in [-0.4, -0.2) is 24.4 Å². The van der Waals surface area contributed by atoms with Gasteiger partial charge in [0.1, 0.15) is 0 Å². The maximum Gasteiger partial charge on any atom is 0.251 e. The van der Waals surface area contributed by atoms with Gasteiger partial charge in [0.15, 0.2) is 0 Å². The maximum absolute atomic E-state index is 12.0. The van der Waals surface area contributed by atoms with Crippen molar-refractivity contribution in [3.8, 4) is 0 Å². The molecule has 0 aromatic heterocycles. The second-order valence-electron chi connectivity index (χ2n) is 4.35. The maximum atomic E-state index is 12.0. The molecule has 4 nitrogen and oxygen atoms in total. The van der Waals surface area contributed by atoms with Gasteiger partial charge in [-0.05, 0) is 24.1 Å². The Hall–Kier alpha value is -1.55. The van der Waals surface area contributed by atoms with Gasteiger partial charge in [0.05, 0.1) is 0 Å². The summed E-state index contributed by atoms with van der Waals surface area (Å²) in [6, 6.07) is 7.24. The number of benzene rings is 1. The SMILES string of the molecule is O=C1CCC(NC(=O)c2cccc(CCl)c2)CN1. The zero-order chi connectivity index (χ0) is 13.0. The van der Waals surface area contributed by atoms with E-state index in [1.807, 2.05) is 12.1 Å². The normalized spacial score (nSPS) is 19.2. The molecule has 0 bridgehead atoms. The van der Waals surface area contributed by atoms with Crippen LogP contribution in [0.4, 0.5) is 0 Å². The van der Waals surface area contributed by atoms with Crippen molar-refractivity contribution in [2.24, 2.45) is 0 Å². The summed E-state index contributed by atoms with van der Waals surface area (Å²) < 4.78 is 0. The number of carbonyl (C=O) groups is 2. The Morgan fingerprint density at radius 3 is 3.00 bits per heavy atom. The summed E-state index contributed by atoms with van der Waals surface area (Å²) in [5.74, 6) is 0.313. The minimum absolute atomic E-state index is 0.00913. The van der Waals surface area contributed by atoms with Gasteiger partial charge < -0.3 is 10.6 Å². The number of rotatable bonds is 3. The quantitative estimate of drug-likeness (QED) is 0.814. The number of halogens is 1. The van der Waals surface area contributed by atoms with E-state index in [0.717, 1.165) is 5.56 Å². The summed E-state index contributed by atoms with van der Waals surface area (Å²) >= 11 is 5.73. The zero-order valence-electron chi connectivity index (χ0n) is 9.91. The molecule has 1 aromatic carbocycles. The van der Waals surface area contributed by atoms with Crippen LogP contribution in [-0.2, 0) is 10.7 Å². The summed E-state index contributed by atoms with van der Waals surface area (Å²) in [7, 11) is 0. The summed E-state index contributed by atoms with van der Waals surface area (Å²) in [6.07, 6.45) is 1.15. The fourth-order valence-corrected chi connectivity index (χ4v) is 2.09. The molecule has 1 atom stereocenters. The zero-order valence-corrected chi connectivity index (χ0v) is 10.7. The lowest BCUT2D eigenvalue weighted by Crippen LogP contribution is -2.47. The molecule has 0 spiro atoms. The summed E-state index contributed by atoms with van der Waals surface area (Å²) in [6.45, 7) is 0.500. The van der Waals surface area contributed by atoms with Gasteiger partial charge in [0.2, 0.25) is 5.91 Å². The highest BCUT2D eigenvalue weighted by Gasteiger charge is 2.20. The lowest BCUT2D eigenvalue weighted by Gasteiger charge is -2.23. The lowest BCUT2D eigenvalue weighted by molar-refractivity contribution is -0.122. The first-order valence-corrected chi connectivity index (χ1v) is 6.45. The fraction of sp³-hybridized carbons (Fsp3) is 0.385. The highest BCUT2D eigenvalue weighted by atomic mass is 35.5. The van der Waals surface area contributed by atoms with Crippen LogP contribution in [0, 0.1) is 0 Å². The Bertz CT molecular complexity index is 452. The van der Waals surface area contributed by atoms with Crippen LogP contribution in [0.5, 0.6) is 0 Å². The summed E-state index contributed by atoms with van der Waals surface area (Å²) in [5, 5.41) is 5.65. The molecule has 5 heteroatoms. The van der Waals surface area contributed by atoms with E-state index in [-0.39, 0.29) is 17.9 Å². The third-order valence-corrected chi connectivity index (χ3v) is 3.25. The molecule has 0 aliphatic carbocycles. The molecule has 96 valence electrons. The van der Waals surface area contributed by atoms with Gasteiger partial charge >= 0.3 is 0 Å². The molecular weight excluding hydrogens is 252 g/mol. The molecule has 1 aliphatic heterocycles. The van der Waals surface area contributed by atoms with Gasteiger partial charge in [-0.1, -0.05) is 12.1 Å². The van der Waals surface area contributed by atoms with Crippen molar-refractivity contribution in [2.45, 2.75) is 24.8 Å². The van der Waals surface area contributed by atoms with Crippen molar-refractivity contribution >= 4 is 23.4 Å². The van der Waals surface area contributed by atoms with Crippen LogP contribution in [0.25, 0.3) is 0 Å². The Balaban J connectivity index is 1.96. The van der Waals surface area contributed by atoms with E-state index in [2.05, 4.69) is 10.6 Å². The molecule has 2 N–H and O–H groups in total. The van der Waals surface area contributed by atoms with E-state index in [0.29, 0.717) is 30.8 Å². The molecule has 1 fully saturated rings. The predicted octanol–water partition coefficient (Wildman–Crippen LogP) is 1.43. The minimum Gasteiger partial charge on any atom is -0.354 e. The minimum atomic E-state index is -0.122. The fourth-order valence-electron chi connectivity index (χ4n) is 1.92. The molecule has 0 saturated carbocycles. The van der Waals surface area contributed by atoms with E-state index >= 15 is 0 Å². The second-order valence-corrected chi connectivity index (χ2v) is 4.61. The third-order valence-electron chi connectivity index (χ3n) is 2.94. The van der Waals surface area contributed by atoms with E-state index in [1.54, 1.807) is 12.1 Å². The van der Waals surface area contributed by atoms with E-state index in [1.165, 1.54) is 0 Å². The van der Waals surface area contributed by atoms with Crippen LogP contribution < -0.4 is 10.6 Å². The highest BCUT2D eigenvalue weighted by Crippen LogP contribution is 2.09. The highest BCUT2D eigenvalue weighted by molar-refractivity contribution is 6.17. The van der Waals surface area contributed by atoms with Gasteiger partial charge in [0.25, 0.3) is 5.91 Å². The van der Waals surface area contributed by atoms with Crippen LogP contribution >= 0.6 is 11.6 Å².